The first-order chi connectivity index (χ1) is 9.88. The van der Waals surface area contributed by atoms with Crippen LogP contribution in [0.5, 0.6) is 0 Å². The van der Waals surface area contributed by atoms with Gasteiger partial charge in [-0.1, -0.05) is 40.9 Å². The second-order valence-corrected chi connectivity index (χ2v) is 7.59. The average Bonchev–Trinajstić information content (AvgIpc) is 2.94. The molecule has 1 aliphatic carbocycles. The van der Waals surface area contributed by atoms with Crippen molar-refractivity contribution in [1.82, 2.24) is 0 Å². The van der Waals surface area contributed by atoms with Crippen molar-refractivity contribution in [3.63, 3.8) is 0 Å². The highest BCUT2D eigenvalue weighted by Crippen LogP contribution is 2.53. The van der Waals surface area contributed by atoms with E-state index in [-0.39, 0.29) is 11.8 Å². The zero-order chi connectivity index (χ0) is 15.3. The lowest BCUT2D eigenvalue weighted by molar-refractivity contribution is -0.189. The standard InChI is InChI=1S/C17H19BrO3/c1-16(2)13(11-5-7-12(18)8-6-11)21-15(20)17(14(16)19)9-3-4-10-17/h5-8,13H,3-4,9-10H2,1-2H3. The molecule has 4 heteroatoms. The summed E-state index contributed by atoms with van der Waals surface area (Å²) in [5, 5.41) is 0. The summed E-state index contributed by atoms with van der Waals surface area (Å²) in [6.45, 7) is 3.79. The van der Waals surface area contributed by atoms with Crippen LogP contribution in [0.3, 0.4) is 0 Å². The van der Waals surface area contributed by atoms with E-state index in [1.54, 1.807) is 0 Å². The van der Waals surface area contributed by atoms with E-state index in [9.17, 15) is 9.59 Å². The number of halogens is 1. The van der Waals surface area contributed by atoms with Crippen molar-refractivity contribution >= 4 is 27.7 Å². The number of rotatable bonds is 1. The van der Waals surface area contributed by atoms with Gasteiger partial charge in [0.25, 0.3) is 0 Å². The molecule has 1 saturated carbocycles. The van der Waals surface area contributed by atoms with Crippen molar-refractivity contribution < 1.29 is 14.3 Å². The van der Waals surface area contributed by atoms with Crippen molar-refractivity contribution in [3.8, 4) is 0 Å². The Balaban J connectivity index is 2.00. The van der Waals surface area contributed by atoms with Gasteiger partial charge in [-0.2, -0.15) is 0 Å². The Morgan fingerprint density at radius 1 is 1.10 bits per heavy atom. The van der Waals surface area contributed by atoms with E-state index in [0.717, 1.165) is 22.9 Å². The van der Waals surface area contributed by atoms with Crippen LogP contribution in [-0.2, 0) is 14.3 Å². The first kappa shape index (κ1) is 14.8. The van der Waals surface area contributed by atoms with E-state index >= 15 is 0 Å². The summed E-state index contributed by atoms with van der Waals surface area (Å²) in [5.74, 6) is -0.270. The Morgan fingerprint density at radius 3 is 2.24 bits per heavy atom. The molecule has 1 atom stereocenters. The number of esters is 1. The van der Waals surface area contributed by atoms with Gasteiger partial charge in [0.2, 0.25) is 0 Å². The predicted molar refractivity (Wildman–Crippen MR) is 82.7 cm³/mol. The molecule has 1 aromatic rings. The van der Waals surface area contributed by atoms with Crippen molar-refractivity contribution in [2.24, 2.45) is 10.8 Å². The largest absolute Gasteiger partial charge is 0.456 e. The third-order valence-electron chi connectivity index (χ3n) is 4.92. The van der Waals surface area contributed by atoms with Gasteiger partial charge < -0.3 is 4.74 Å². The zero-order valence-corrected chi connectivity index (χ0v) is 13.9. The maximum Gasteiger partial charge on any atom is 0.320 e. The van der Waals surface area contributed by atoms with E-state index in [1.165, 1.54) is 0 Å². The second-order valence-electron chi connectivity index (χ2n) is 6.68. The minimum Gasteiger partial charge on any atom is -0.456 e. The molecule has 0 bridgehead atoms. The molecular formula is C17H19BrO3. The van der Waals surface area contributed by atoms with Crippen LogP contribution in [0.1, 0.15) is 51.2 Å². The highest BCUT2D eigenvalue weighted by atomic mass is 79.9. The highest BCUT2D eigenvalue weighted by Gasteiger charge is 2.60. The summed E-state index contributed by atoms with van der Waals surface area (Å²) >= 11 is 3.40. The molecule has 1 saturated heterocycles. The summed E-state index contributed by atoms with van der Waals surface area (Å²) in [6, 6.07) is 7.63. The fraction of sp³-hybridized carbons (Fsp3) is 0.529. The molecule has 21 heavy (non-hydrogen) atoms. The molecular weight excluding hydrogens is 332 g/mol. The van der Waals surface area contributed by atoms with E-state index < -0.39 is 16.9 Å². The molecule has 0 amide bonds. The van der Waals surface area contributed by atoms with E-state index in [2.05, 4.69) is 15.9 Å². The van der Waals surface area contributed by atoms with Crippen LogP contribution < -0.4 is 0 Å². The number of carbonyl (C=O) groups is 2. The number of hydrogen-bond acceptors (Lipinski definition) is 3. The lowest BCUT2D eigenvalue weighted by atomic mass is 9.64. The summed E-state index contributed by atoms with van der Waals surface area (Å²) in [6.07, 6.45) is 2.64. The lowest BCUT2D eigenvalue weighted by Gasteiger charge is -2.44. The van der Waals surface area contributed by atoms with Crippen LogP contribution in [-0.4, -0.2) is 11.8 Å². The predicted octanol–water partition coefficient (Wildman–Crippen LogP) is 4.20. The molecule has 1 unspecified atom stereocenters. The van der Waals surface area contributed by atoms with E-state index in [1.807, 2.05) is 38.1 Å². The lowest BCUT2D eigenvalue weighted by Crippen LogP contribution is -2.53. The van der Waals surface area contributed by atoms with Crippen LogP contribution in [0.15, 0.2) is 28.7 Å². The third-order valence-corrected chi connectivity index (χ3v) is 5.45. The highest BCUT2D eigenvalue weighted by molar-refractivity contribution is 9.10. The van der Waals surface area contributed by atoms with Crippen LogP contribution in [0.2, 0.25) is 0 Å². The Labute approximate surface area is 133 Å². The van der Waals surface area contributed by atoms with E-state index in [0.29, 0.717) is 12.8 Å². The molecule has 112 valence electrons. The fourth-order valence-corrected chi connectivity index (χ4v) is 3.99. The zero-order valence-electron chi connectivity index (χ0n) is 12.3. The minimum atomic E-state index is -0.880. The van der Waals surface area contributed by atoms with Gasteiger partial charge in [-0.25, -0.2) is 0 Å². The first-order valence-corrected chi connectivity index (χ1v) is 8.19. The second kappa shape index (κ2) is 4.94. The van der Waals surface area contributed by atoms with Gasteiger partial charge in [0.1, 0.15) is 11.5 Å². The molecule has 0 radical (unpaired) electrons. The molecule has 0 N–H and O–H groups in total. The van der Waals surface area contributed by atoms with Gasteiger partial charge in [0, 0.05) is 4.47 Å². The number of benzene rings is 1. The maximum absolute atomic E-state index is 13.0. The summed E-state index contributed by atoms with van der Waals surface area (Å²) in [4.78, 5) is 25.5. The summed E-state index contributed by atoms with van der Waals surface area (Å²) in [5.41, 5.74) is -0.695. The smallest absolute Gasteiger partial charge is 0.320 e. The van der Waals surface area contributed by atoms with E-state index in [4.69, 9.17) is 4.74 Å². The molecule has 3 nitrogen and oxygen atoms in total. The van der Waals surface area contributed by atoms with Crippen molar-refractivity contribution in [1.29, 1.82) is 0 Å². The fourth-order valence-electron chi connectivity index (χ4n) is 3.73. The van der Waals surface area contributed by atoms with Crippen LogP contribution in [0, 0.1) is 10.8 Å². The van der Waals surface area contributed by atoms with Gasteiger partial charge >= 0.3 is 5.97 Å². The summed E-state index contributed by atoms with van der Waals surface area (Å²) < 4.78 is 6.72. The van der Waals surface area contributed by atoms with Gasteiger partial charge in [-0.3, -0.25) is 9.59 Å². The SMILES string of the molecule is CC1(C)C(=O)C2(CCCC2)C(=O)OC1c1ccc(Br)cc1. The van der Waals surface area contributed by atoms with Crippen molar-refractivity contribution in [2.75, 3.05) is 0 Å². The number of cyclic esters (lactones) is 1. The Bertz CT molecular complexity index is 583. The van der Waals surface area contributed by atoms with Crippen molar-refractivity contribution in [3.05, 3.63) is 34.3 Å². The first-order valence-electron chi connectivity index (χ1n) is 7.39. The number of ketones is 1. The molecule has 0 aromatic heterocycles. The number of Topliss-reactive ketones (excluding diaryl/α,β-unsaturated/α-hetero) is 1. The van der Waals surface area contributed by atoms with Gasteiger partial charge in [0.05, 0.1) is 5.41 Å². The molecule has 1 aromatic carbocycles. The molecule has 1 spiro atoms. The van der Waals surface area contributed by atoms with Gasteiger partial charge in [-0.05, 0) is 44.4 Å². The number of carbonyl (C=O) groups excluding carboxylic acids is 2. The van der Waals surface area contributed by atoms with Gasteiger partial charge in [-0.15, -0.1) is 0 Å². The van der Waals surface area contributed by atoms with Gasteiger partial charge in [0.15, 0.2) is 5.78 Å². The average molecular weight is 351 g/mol. The Hall–Kier alpha value is -1.16. The molecule has 3 rings (SSSR count). The number of hydrogen-bond donors (Lipinski definition) is 0. The van der Waals surface area contributed by atoms with Crippen LogP contribution in [0.4, 0.5) is 0 Å². The van der Waals surface area contributed by atoms with Crippen molar-refractivity contribution in [2.45, 2.75) is 45.6 Å². The summed E-state index contributed by atoms with van der Waals surface area (Å²) in [7, 11) is 0. The molecule has 2 fully saturated rings. The Morgan fingerprint density at radius 2 is 1.67 bits per heavy atom. The quantitative estimate of drug-likeness (QED) is 0.563. The number of ether oxygens (including phenoxy) is 1. The Kier molecular flexibility index (Phi) is 3.47. The molecule has 2 aliphatic rings. The monoisotopic (exact) mass is 350 g/mol. The molecule has 1 aliphatic heterocycles. The van der Waals surface area contributed by atoms with Crippen LogP contribution in [0.25, 0.3) is 0 Å². The topological polar surface area (TPSA) is 43.4 Å². The third kappa shape index (κ3) is 2.15. The van der Waals surface area contributed by atoms with Crippen LogP contribution >= 0.6 is 15.9 Å². The normalized spacial score (nSPS) is 26.9. The maximum atomic E-state index is 13.0. The molecule has 1 heterocycles. The minimum absolute atomic E-state index is 0.0525.